The summed E-state index contributed by atoms with van der Waals surface area (Å²) in [5.41, 5.74) is 2.57. The Morgan fingerprint density at radius 1 is 1.03 bits per heavy atom. The maximum absolute atomic E-state index is 13.6. The largest absolute Gasteiger partial charge is 0.450 e. The molecule has 2 aromatic heterocycles. The van der Waals surface area contributed by atoms with E-state index in [1.54, 1.807) is 48.7 Å². The smallest absolute Gasteiger partial charge is 0.296 e. The van der Waals surface area contributed by atoms with Gasteiger partial charge in [0, 0.05) is 18.3 Å². The van der Waals surface area contributed by atoms with E-state index < -0.39 is 16.9 Å². The van der Waals surface area contributed by atoms with Gasteiger partial charge in [0.25, 0.3) is 11.6 Å². The van der Waals surface area contributed by atoms with Gasteiger partial charge >= 0.3 is 0 Å². The summed E-state index contributed by atoms with van der Waals surface area (Å²) in [6.45, 7) is 3.81. The van der Waals surface area contributed by atoms with Gasteiger partial charge in [0.15, 0.2) is 5.43 Å². The second-order valence-electron chi connectivity index (χ2n) is 7.72. The molecular formula is C24H17N3O5. The number of amides is 1. The summed E-state index contributed by atoms with van der Waals surface area (Å²) in [6, 6.07) is 13.6. The lowest BCUT2D eigenvalue weighted by Gasteiger charge is -2.24. The number of rotatable bonds is 3. The third-order valence-electron chi connectivity index (χ3n) is 5.80. The van der Waals surface area contributed by atoms with E-state index in [1.807, 2.05) is 13.8 Å². The molecule has 0 bridgehead atoms. The van der Waals surface area contributed by atoms with E-state index in [0.717, 1.165) is 11.1 Å². The first-order valence-electron chi connectivity index (χ1n) is 9.93. The fourth-order valence-corrected chi connectivity index (χ4v) is 4.05. The van der Waals surface area contributed by atoms with Crippen LogP contribution in [0.3, 0.4) is 0 Å². The fraction of sp³-hybridized carbons (Fsp3) is 0.125. The Hall–Kier alpha value is -4.33. The summed E-state index contributed by atoms with van der Waals surface area (Å²) >= 11 is 0. The van der Waals surface area contributed by atoms with E-state index in [4.69, 9.17) is 4.42 Å². The Morgan fingerprint density at radius 3 is 2.41 bits per heavy atom. The Bertz CT molecular complexity index is 1460. The highest BCUT2D eigenvalue weighted by Gasteiger charge is 2.44. The highest BCUT2D eigenvalue weighted by atomic mass is 16.6. The van der Waals surface area contributed by atoms with Gasteiger partial charge in [-0.25, -0.2) is 4.98 Å². The van der Waals surface area contributed by atoms with Crippen LogP contribution in [0.4, 0.5) is 11.5 Å². The van der Waals surface area contributed by atoms with Gasteiger partial charge in [-0.15, -0.1) is 0 Å². The molecule has 2 aromatic carbocycles. The molecule has 3 heterocycles. The molecule has 0 spiro atoms. The Morgan fingerprint density at radius 2 is 1.75 bits per heavy atom. The summed E-state index contributed by atoms with van der Waals surface area (Å²) in [5, 5.41) is 11.5. The number of hydrogen-bond acceptors (Lipinski definition) is 6. The van der Waals surface area contributed by atoms with Crippen molar-refractivity contribution in [2.24, 2.45) is 0 Å². The highest BCUT2D eigenvalue weighted by molar-refractivity contribution is 6.10. The van der Waals surface area contributed by atoms with Gasteiger partial charge in [-0.1, -0.05) is 6.07 Å². The molecule has 32 heavy (non-hydrogen) atoms. The van der Waals surface area contributed by atoms with Crippen LogP contribution in [0.5, 0.6) is 0 Å². The van der Waals surface area contributed by atoms with Crippen LogP contribution in [0.2, 0.25) is 0 Å². The summed E-state index contributed by atoms with van der Waals surface area (Å²) in [7, 11) is 0. The average Bonchev–Trinajstić information content (AvgIpc) is 3.08. The van der Waals surface area contributed by atoms with Crippen molar-refractivity contribution in [2.45, 2.75) is 19.9 Å². The van der Waals surface area contributed by atoms with Gasteiger partial charge in [0.2, 0.25) is 5.76 Å². The second kappa shape index (κ2) is 7.12. The molecule has 4 aromatic rings. The monoisotopic (exact) mass is 427 g/mol. The zero-order valence-electron chi connectivity index (χ0n) is 17.2. The number of benzene rings is 2. The molecule has 0 N–H and O–H groups in total. The van der Waals surface area contributed by atoms with E-state index >= 15 is 0 Å². The molecule has 1 unspecified atom stereocenters. The van der Waals surface area contributed by atoms with E-state index in [-0.39, 0.29) is 22.4 Å². The number of nitro benzene ring substituents is 1. The van der Waals surface area contributed by atoms with Crippen molar-refractivity contribution in [2.75, 3.05) is 4.90 Å². The Balaban J connectivity index is 1.80. The minimum atomic E-state index is -0.824. The number of carbonyl (C=O) groups excluding carboxylic acids is 1. The molecule has 1 amide bonds. The molecular weight excluding hydrogens is 410 g/mol. The third-order valence-corrected chi connectivity index (χ3v) is 5.80. The lowest BCUT2D eigenvalue weighted by atomic mass is 9.97. The molecule has 5 rings (SSSR count). The number of nitrogens with zero attached hydrogens (tertiary/aromatic N) is 3. The van der Waals surface area contributed by atoms with Crippen LogP contribution in [0, 0.1) is 24.0 Å². The summed E-state index contributed by atoms with van der Waals surface area (Å²) in [6.07, 6.45) is 1.55. The Kier molecular flexibility index (Phi) is 4.37. The Labute approximate surface area is 181 Å². The van der Waals surface area contributed by atoms with Crippen molar-refractivity contribution < 1.29 is 14.1 Å². The van der Waals surface area contributed by atoms with Crippen LogP contribution in [0.1, 0.15) is 38.9 Å². The van der Waals surface area contributed by atoms with E-state index in [2.05, 4.69) is 4.98 Å². The van der Waals surface area contributed by atoms with Crippen LogP contribution in [0.25, 0.3) is 11.0 Å². The number of nitro groups is 1. The predicted octanol–water partition coefficient (Wildman–Crippen LogP) is 4.46. The molecule has 1 atom stereocenters. The molecule has 0 fully saturated rings. The number of aryl methyl sites for hydroxylation is 2. The fourth-order valence-electron chi connectivity index (χ4n) is 4.05. The van der Waals surface area contributed by atoms with Gasteiger partial charge in [-0.2, -0.15) is 0 Å². The van der Waals surface area contributed by atoms with Crippen LogP contribution in [-0.2, 0) is 0 Å². The van der Waals surface area contributed by atoms with Crippen molar-refractivity contribution in [1.82, 2.24) is 4.98 Å². The number of hydrogen-bond donors (Lipinski definition) is 0. The zero-order chi connectivity index (χ0) is 22.6. The maximum atomic E-state index is 13.6. The SMILES string of the molecule is Cc1cc2oc3c(c(=O)c2cc1C)C(c1ccc([N+](=O)[O-])cc1)N(c1ccccn1)C3=O. The normalized spacial score (nSPS) is 15.2. The van der Waals surface area contributed by atoms with Crippen molar-refractivity contribution >= 4 is 28.4 Å². The minimum absolute atomic E-state index is 0.0419. The van der Waals surface area contributed by atoms with Gasteiger partial charge in [-0.05, 0) is 66.9 Å². The van der Waals surface area contributed by atoms with Crippen LogP contribution >= 0.6 is 0 Å². The summed E-state index contributed by atoms with van der Waals surface area (Å²) in [5.74, 6) is -0.179. The topological polar surface area (TPSA) is 107 Å². The van der Waals surface area contributed by atoms with Crippen molar-refractivity contribution in [3.05, 3.63) is 109 Å². The number of anilines is 1. The van der Waals surface area contributed by atoms with Gasteiger partial charge in [0.05, 0.1) is 21.9 Å². The molecule has 1 aliphatic rings. The van der Waals surface area contributed by atoms with Gasteiger partial charge in [-0.3, -0.25) is 24.6 Å². The number of fused-ring (bicyclic) bond motifs is 2. The number of carbonyl (C=O) groups is 1. The van der Waals surface area contributed by atoms with Gasteiger partial charge in [0.1, 0.15) is 11.4 Å². The lowest BCUT2D eigenvalue weighted by molar-refractivity contribution is -0.384. The van der Waals surface area contributed by atoms with Crippen molar-refractivity contribution in [3.63, 3.8) is 0 Å². The zero-order valence-corrected chi connectivity index (χ0v) is 17.2. The maximum Gasteiger partial charge on any atom is 0.296 e. The molecule has 1 aliphatic heterocycles. The van der Waals surface area contributed by atoms with E-state index in [9.17, 15) is 19.7 Å². The molecule has 0 aliphatic carbocycles. The predicted molar refractivity (Wildman–Crippen MR) is 118 cm³/mol. The summed E-state index contributed by atoms with van der Waals surface area (Å²) in [4.78, 5) is 43.3. The van der Waals surface area contributed by atoms with Crippen molar-refractivity contribution in [1.29, 1.82) is 0 Å². The van der Waals surface area contributed by atoms with E-state index in [0.29, 0.717) is 22.4 Å². The van der Waals surface area contributed by atoms with Crippen LogP contribution < -0.4 is 10.3 Å². The average molecular weight is 427 g/mol. The molecule has 0 saturated heterocycles. The minimum Gasteiger partial charge on any atom is -0.450 e. The van der Waals surface area contributed by atoms with E-state index in [1.165, 1.54) is 17.0 Å². The highest BCUT2D eigenvalue weighted by Crippen LogP contribution is 2.41. The molecule has 8 nitrogen and oxygen atoms in total. The standard InChI is InChI=1S/C24H17N3O5/c1-13-11-17-18(12-14(13)2)32-23-20(22(17)28)21(15-6-8-16(9-7-15)27(30)31)26(24(23)29)19-5-3-4-10-25-19/h3-12,21H,1-2H3. The van der Waals surface area contributed by atoms with Gasteiger partial charge < -0.3 is 4.42 Å². The number of non-ortho nitro benzene ring substituents is 1. The number of aromatic nitrogens is 1. The first-order valence-corrected chi connectivity index (χ1v) is 9.93. The second-order valence-corrected chi connectivity index (χ2v) is 7.72. The molecule has 0 radical (unpaired) electrons. The van der Waals surface area contributed by atoms with Crippen molar-refractivity contribution in [3.8, 4) is 0 Å². The number of pyridine rings is 1. The molecule has 158 valence electrons. The quantitative estimate of drug-likeness (QED) is 0.353. The lowest BCUT2D eigenvalue weighted by Crippen LogP contribution is -2.30. The summed E-state index contributed by atoms with van der Waals surface area (Å²) < 4.78 is 5.97. The molecule has 0 saturated carbocycles. The first kappa shape index (κ1) is 19.6. The first-order chi connectivity index (χ1) is 15.4. The molecule has 8 heteroatoms. The van der Waals surface area contributed by atoms with Crippen LogP contribution in [-0.4, -0.2) is 15.8 Å². The third kappa shape index (κ3) is 2.88. The van der Waals surface area contributed by atoms with Crippen LogP contribution in [0.15, 0.2) is 70.0 Å².